The molecule has 0 bridgehead atoms. The van der Waals surface area contributed by atoms with Crippen LogP contribution in [0.1, 0.15) is 15.4 Å². The van der Waals surface area contributed by atoms with Crippen molar-refractivity contribution >= 4 is 38.9 Å². The Labute approximate surface area is 164 Å². The van der Waals surface area contributed by atoms with E-state index in [1.165, 1.54) is 4.88 Å². The van der Waals surface area contributed by atoms with Gasteiger partial charge in [-0.25, -0.2) is 4.98 Å². The maximum atomic E-state index is 12.5. The van der Waals surface area contributed by atoms with Crippen LogP contribution in [0.15, 0.2) is 46.9 Å². The number of carbonyl (C=O) groups excluding carboxylic acids is 1. The lowest BCUT2D eigenvalue weighted by Gasteiger charge is -2.30. The minimum absolute atomic E-state index is 0.0382. The van der Waals surface area contributed by atoms with Crippen LogP contribution in [-0.2, 0) is 11.3 Å². The lowest BCUT2D eigenvalue weighted by molar-refractivity contribution is -0.121. The van der Waals surface area contributed by atoms with Crippen molar-refractivity contribution in [2.24, 2.45) is 0 Å². The van der Waals surface area contributed by atoms with E-state index in [1.807, 2.05) is 49.4 Å². The fourth-order valence-electron chi connectivity index (χ4n) is 3.09. The number of rotatable bonds is 3. The first-order valence-electron chi connectivity index (χ1n) is 8.27. The monoisotopic (exact) mass is 428 g/mol. The summed E-state index contributed by atoms with van der Waals surface area (Å²) < 4.78 is 6.65. The fraction of sp³-hybridized carbons (Fsp3) is 0.200. The molecule has 0 aliphatic carbocycles. The molecule has 1 aliphatic rings. The predicted molar refractivity (Wildman–Crippen MR) is 108 cm³/mol. The second kappa shape index (κ2) is 6.85. The van der Waals surface area contributed by atoms with Crippen LogP contribution in [-0.4, -0.2) is 17.5 Å². The quantitative estimate of drug-likeness (QED) is 0.581. The number of hydrogen-bond donors (Lipinski definition) is 0. The van der Waals surface area contributed by atoms with Gasteiger partial charge in [0.1, 0.15) is 5.75 Å². The molecular weight excluding hydrogens is 412 g/mol. The van der Waals surface area contributed by atoms with E-state index in [0.29, 0.717) is 6.54 Å². The Hall–Kier alpha value is -2.18. The van der Waals surface area contributed by atoms with Crippen LogP contribution in [0, 0.1) is 13.8 Å². The summed E-state index contributed by atoms with van der Waals surface area (Å²) >= 11 is 5.13. The first kappa shape index (κ1) is 17.2. The lowest BCUT2D eigenvalue weighted by Crippen LogP contribution is -2.38. The number of halogens is 1. The molecule has 0 N–H and O–H groups in total. The van der Waals surface area contributed by atoms with Crippen LogP contribution in [0.5, 0.6) is 5.75 Å². The van der Waals surface area contributed by atoms with Crippen LogP contribution in [0.3, 0.4) is 0 Å². The molecule has 26 heavy (non-hydrogen) atoms. The fourth-order valence-corrected chi connectivity index (χ4v) is 4.20. The normalized spacial score (nSPS) is 13.5. The Morgan fingerprint density at radius 3 is 2.65 bits per heavy atom. The van der Waals surface area contributed by atoms with Crippen molar-refractivity contribution in [2.75, 3.05) is 11.5 Å². The zero-order valence-corrected chi connectivity index (χ0v) is 16.9. The lowest BCUT2D eigenvalue weighted by atomic mass is 10.1. The molecule has 0 unspecified atom stereocenters. The van der Waals surface area contributed by atoms with Crippen molar-refractivity contribution in [3.05, 3.63) is 62.4 Å². The van der Waals surface area contributed by atoms with Crippen LogP contribution in [0.25, 0.3) is 11.3 Å². The van der Waals surface area contributed by atoms with E-state index in [1.54, 1.807) is 16.2 Å². The largest absolute Gasteiger partial charge is 0.482 e. The number of amides is 1. The van der Waals surface area contributed by atoms with E-state index < -0.39 is 0 Å². The van der Waals surface area contributed by atoms with Gasteiger partial charge in [0.15, 0.2) is 6.61 Å². The van der Waals surface area contributed by atoms with Gasteiger partial charge in [-0.3, -0.25) is 4.79 Å². The molecule has 2 heterocycles. The highest BCUT2D eigenvalue weighted by Crippen LogP contribution is 2.38. The maximum absolute atomic E-state index is 12.5. The van der Waals surface area contributed by atoms with E-state index in [2.05, 4.69) is 27.8 Å². The second-order valence-electron chi connectivity index (χ2n) is 6.22. The summed E-state index contributed by atoms with van der Waals surface area (Å²) in [6.07, 6.45) is 0. The number of benzene rings is 2. The van der Waals surface area contributed by atoms with Gasteiger partial charge in [0.05, 0.1) is 22.9 Å². The van der Waals surface area contributed by atoms with Gasteiger partial charge in [-0.2, -0.15) is 0 Å². The molecule has 0 saturated heterocycles. The van der Waals surface area contributed by atoms with E-state index >= 15 is 0 Å². The van der Waals surface area contributed by atoms with Crippen molar-refractivity contribution in [1.29, 1.82) is 0 Å². The third kappa shape index (κ3) is 3.27. The second-order valence-corrected chi connectivity index (χ2v) is 8.54. The number of hydrogen-bond acceptors (Lipinski definition) is 4. The van der Waals surface area contributed by atoms with Gasteiger partial charge >= 0.3 is 0 Å². The summed E-state index contributed by atoms with van der Waals surface area (Å²) in [6, 6.07) is 14.0. The molecule has 2 aromatic carbocycles. The minimum atomic E-state index is -0.0382. The standard InChI is InChI=1S/C20H17BrN2O2S/c1-12-20(22-13(2)26-12)15-5-8-18-17(9-15)23(19(24)11-25-18)10-14-3-6-16(21)7-4-14/h3-9H,10-11H2,1-2H3. The van der Waals surface area contributed by atoms with E-state index in [0.717, 1.165) is 37.7 Å². The zero-order chi connectivity index (χ0) is 18.3. The van der Waals surface area contributed by atoms with Crippen LogP contribution >= 0.6 is 27.3 Å². The van der Waals surface area contributed by atoms with Gasteiger partial charge < -0.3 is 9.64 Å². The Morgan fingerprint density at radius 1 is 1.19 bits per heavy atom. The molecular formula is C20H17BrN2O2S. The molecule has 1 aromatic heterocycles. The number of fused-ring (bicyclic) bond motifs is 1. The molecule has 4 nitrogen and oxygen atoms in total. The highest BCUT2D eigenvalue weighted by molar-refractivity contribution is 9.10. The predicted octanol–water partition coefficient (Wildman–Crippen LogP) is 5.12. The van der Waals surface area contributed by atoms with E-state index in [-0.39, 0.29) is 12.5 Å². The topological polar surface area (TPSA) is 42.4 Å². The highest BCUT2D eigenvalue weighted by Gasteiger charge is 2.26. The molecule has 0 atom stereocenters. The number of ether oxygens (including phenoxy) is 1. The van der Waals surface area contributed by atoms with Crippen molar-refractivity contribution in [2.45, 2.75) is 20.4 Å². The summed E-state index contributed by atoms with van der Waals surface area (Å²) in [6.45, 7) is 4.66. The average molecular weight is 429 g/mol. The molecule has 0 fully saturated rings. The Kier molecular flexibility index (Phi) is 4.54. The number of anilines is 1. The zero-order valence-electron chi connectivity index (χ0n) is 14.5. The Morgan fingerprint density at radius 2 is 1.96 bits per heavy atom. The molecule has 3 aromatic rings. The number of carbonyl (C=O) groups is 1. The summed E-state index contributed by atoms with van der Waals surface area (Å²) in [7, 11) is 0. The van der Waals surface area contributed by atoms with Crippen LogP contribution in [0.4, 0.5) is 5.69 Å². The molecule has 0 spiro atoms. The number of aromatic nitrogens is 1. The maximum Gasteiger partial charge on any atom is 0.265 e. The smallest absolute Gasteiger partial charge is 0.265 e. The average Bonchev–Trinajstić information content (AvgIpc) is 2.97. The van der Waals surface area contributed by atoms with Gasteiger partial charge in [0.2, 0.25) is 0 Å². The third-order valence-corrected chi connectivity index (χ3v) is 5.75. The molecule has 1 aliphatic heterocycles. The van der Waals surface area contributed by atoms with Gasteiger partial charge in [0, 0.05) is 14.9 Å². The van der Waals surface area contributed by atoms with Gasteiger partial charge in [-0.1, -0.05) is 28.1 Å². The first-order chi connectivity index (χ1) is 12.5. The third-order valence-electron chi connectivity index (χ3n) is 4.33. The Balaban J connectivity index is 1.73. The molecule has 4 rings (SSSR count). The van der Waals surface area contributed by atoms with Crippen molar-refractivity contribution in [3.63, 3.8) is 0 Å². The van der Waals surface area contributed by atoms with Crippen molar-refractivity contribution < 1.29 is 9.53 Å². The molecule has 0 saturated carbocycles. The first-order valence-corrected chi connectivity index (χ1v) is 9.88. The van der Waals surface area contributed by atoms with Gasteiger partial charge in [-0.05, 0) is 49.7 Å². The summed E-state index contributed by atoms with van der Waals surface area (Å²) in [5, 5.41) is 1.04. The van der Waals surface area contributed by atoms with Gasteiger partial charge in [-0.15, -0.1) is 11.3 Å². The molecule has 0 radical (unpaired) electrons. The van der Waals surface area contributed by atoms with E-state index in [9.17, 15) is 4.79 Å². The summed E-state index contributed by atoms with van der Waals surface area (Å²) in [5.41, 5.74) is 3.84. The highest BCUT2D eigenvalue weighted by atomic mass is 79.9. The number of thiazole rings is 1. The van der Waals surface area contributed by atoms with E-state index in [4.69, 9.17) is 4.74 Å². The summed E-state index contributed by atoms with van der Waals surface area (Å²) in [4.78, 5) is 20.1. The number of nitrogens with zero attached hydrogens (tertiary/aromatic N) is 2. The molecule has 132 valence electrons. The Bertz CT molecular complexity index is 982. The molecule has 1 amide bonds. The number of aryl methyl sites for hydroxylation is 2. The molecule has 6 heteroatoms. The van der Waals surface area contributed by atoms with Crippen LogP contribution < -0.4 is 9.64 Å². The summed E-state index contributed by atoms with van der Waals surface area (Å²) in [5.74, 6) is 0.693. The van der Waals surface area contributed by atoms with Crippen LogP contribution in [0.2, 0.25) is 0 Å². The SMILES string of the molecule is Cc1nc(-c2ccc3c(c2)N(Cc2ccc(Br)cc2)C(=O)CO3)c(C)s1. The van der Waals surface area contributed by atoms with Crippen molar-refractivity contribution in [3.8, 4) is 17.0 Å². The minimum Gasteiger partial charge on any atom is -0.482 e. The van der Waals surface area contributed by atoms with Crippen molar-refractivity contribution in [1.82, 2.24) is 4.98 Å². The van der Waals surface area contributed by atoms with Gasteiger partial charge in [0.25, 0.3) is 5.91 Å².